The standard InChI is InChI=1S/C22H23NO5/c1-14(2)28-20-7-5-4-6-17(20)16(10-11-24)18-13-27-22(23-18)15-8-9-21(26-3)19(25)12-15/h4-9,11-14,16,25H,10H2,1-3H3. The summed E-state index contributed by atoms with van der Waals surface area (Å²) in [6.07, 6.45) is 2.66. The smallest absolute Gasteiger partial charge is 0.226 e. The van der Waals surface area contributed by atoms with E-state index in [9.17, 15) is 9.90 Å². The second-order valence-corrected chi connectivity index (χ2v) is 6.62. The predicted molar refractivity (Wildman–Crippen MR) is 105 cm³/mol. The second-order valence-electron chi connectivity index (χ2n) is 6.62. The molecule has 6 nitrogen and oxygen atoms in total. The van der Waals surface area contributed by atoms with Crippen LogP contribution in [0.4, 0.5) is 0 Å². The van der Waals surface area contributed by atoms with Gasteiger partial charge in [0.05, 0.1) is 18.9 Å². The van der Waals surface area contributed by atoms with Gasteiger partial charge in [-0.25, -0.2) is 4.98 Å². The van der Waals surface area contributed by atoms with E-state index in [0.29, 0.717) is 22.9 Å². The van der Waals surface area contributed by atoms with Crippen molar-refractivity contribution in [1.82, 2.24) is 4.98 Å². The maximum atomic E-state index is 11.3. The number of methoxy groups -OCH3 is 1. The molecule has 0 fully saturated rings. The number of hydrogen-bond donors (Lipinski definition) is 1. The van der Waals surface area contributed by atoms with Gasteiger partial charge in [-0.3, -0.25) is 0 Å². The number of benzene rings is 2. The molecule has 0 bridgehead atoms. The van der Waals surface area contributed by atoms with E-state index >= 15 is 0 Å². The normalized spacial score (nSPS) is 12.0. The molecule has 0 spiro atoms. The van der Waals surface area contributed by atoms with Crippen molar-refractivity contribution in [3.05, 3.63) is 60.0 Å². The molecular weight excluding hydrogens is 358 g/mol. The van der Waals surface area contributed by atoms with Crippen molar-refractivity contribution in [3.63, 3.8) is 0 Å². The van der Waals surface area contributed by atoms with Crippen LogP contribution >= 0.6 is 0 Å². The van der Waals surface area contributed by atoms with Gasteiger partial charge in [0, 0.05) is 23.5 Å². The van der Waals surface area contributed by atoms with E-state index in [1.165, 1.54) is 19.4 Å². The molecule has 28 heavy (non-hydrogen) atoms. The number of carbonyl (C=O) groups is 1. The highest BCUT2D eigenvalue weighted by Gasteiger charge is 2.23. The summed E-state index contributed by atoms with van der Waals surface area (Å²) in [6.45, 7) is 3.91. The van der Waals surface area contributed by atoms with Crippen LogP contribution in [0, 0.1) is 0 Å². The minimum absolute atomic E-state index is 0.000120. The molecule has 3 aromatic rings. The summed E-state index contributed by atoms with van der Waals surface area (Å²) in [5.41, 5.74) is 2.11. The van der Waals surface area contributed by atoms with Crippen molar-refractivity contribution in [2.45, 2.75) is 32.3 Å². The third-order valence-corrected chi connectivity index (χ3v) is 4.29. The second kappa shape index (κ2) is 8.61. The number of oxazole rings is 1. The van der Waals surface area contributed by atoms with Crippen molar-refractivity contribution in [2.24, 2.45) is 0 Å². The third kappa shape index (κ3) is 4.17. The SMILES string of the molecule is COc1ccc(-c2nc(C(CC=O)c3ccccc3OC(C)C)co2)cc1O. The van der Waals surface area contributed by atoms with E-state index in [0.717, 1.165) is 17.6 Å². The lowest BCUT2D eigenvalue weighted by atomic mass is 9.92. The maximum Gasteiger partial charge on any atom is 0.226 e. The first kappa shape index (κ1) is 19.5. The van der Waals surface area contributed by atoms with Crippen LogP contribution in [0.25, 0.3) is 11.5 Å². The largest absolute Gasteiger partial charge is 0.504 e. The number of aromatic nitrogens is 1. The lowest BCUT2D eigenvalue weighted by Gasteiger charge is -2.18. The zero-order chi connectivity index (χ0) is 20.1. The first-order chi connectivity index (χ1) is 13.5. The molecule has 0 aliphatic carbocycles. The highest BCUT2D eigenvalue weighted by molar-refractivity contribution is 5.60. The first-order valence-corrected chi connectivity index (χ1v) is 9.05. The van der Waals surface area contributed by atoms with Crippen molar-refractivity contribution in [3.8, 4) is 28.7 Å². The topological polar surface area (TPSA) is 81.8 Å². The van der Waals surface area contributed by atoms with Crippen molar-refractivity contribution >= 4 is 6.29 Å². The Labute approximate surface area is 163 Å². The van der Waals surface area contributed by atoms with E-state index in [1.807, 2.05) is 38.1 Å². The number of phenolic OH excluding ortho intramolecular Hbond substituents is 1. The Morgan fingerprint density at radius 1 is 1.18 bits per heavy atom. The van der Waals surface area contributed by atoms with Crippen molar-refractivity contribution < 1.29 is 23.8 Å². The lowest BCUT2D eigenvalue weighted by Crippen LogP contribution is -2.10. The Bertz CT molecular complexity index is 948. The van der Waals surface area contributed by atoms with Gasteiger partial charge < -0.3 is 23.8 Å². The van der Waals surface area contributed by atoms with Crippen LogP contribution in [-0.4, -0.2) is 29.6 Å². The molecule has 2 aromatic carbocycles. The number of para-hydroxylation sites is 1. The molecule has 0 radical (unpaired) electrons. The first-order valence-electron chi connectivity index (χ1n) is 9.05. The van der Waals surface area contributed by atoms with Crippen LogP contribution in [0.2, 0.25) is 0 Å². The van der Waals surface area contributed by atoms with Gasteiger partial charge in [0.2, 0.25) is 5.89 Å². The number of nitrogens with zero attached hydrogens (tertiary/aromatic N) is 1. The Morgan fingerprint density at radius 3 is 2.64 bits per heavy atom. The number of aromatic hydroxyl groups is 1. The van der Waals surface area contributed by atoms with Gasteiger partial charge in [-0.2, -0.15) is 0 Å². The maximum absolute atomic E-state index is 11.3. The van der Waals surface area contributed by atoms with Gasteiger partial charge in [0.25, 0.3) is 0 Å². The molecule has 1 heterocycles. The van der Waals surface area contributed by atoms with E-state index in [1.54, 1.807) is 12.1 Å². The number of rotatable bonds is 8. The summed E-state index contributed by atoms with van der Waals surface area (Å²) in [5.74, 6) is 1.15. The monoisotopic (exact) mass is 381 g/mol. The molecule has 6 heteroatoms. The Kier molecular flexibility index (Phi) is 5.99. The van der Waals surface area contributed by atoms with Crippen LogP contribution in [-0.2, 0) is 4.79 Å². The number of ether oxygens (including phenoxy) is 2. The number of aldehydes is 1. The molecule has 0 saturated heterocycles. The molecule has 0 aliphatic heterocycles. The highest BCUT2D eigenvalue weighted by Crippen LogP contribution is 2.36. The summed E-state index contributed by atoms with van der Waals surface area (Å²) >= 11 is 0. The lowest BCUT2D eigenvalue weighted by molar-refractivity contribution is -0.108. The molecule has 0 amide bonds. The Hall–Kier alpha value is -3.28. The molecule has 1 unspecified atom stereocenters. The van der Waals surface area contributed by atoms with E-state index in [-0.39, 0.29) is 24.2 Å². The van der Waals surface area contributed by atoms with Crippen LogP contribution in [0.5, 0.6) is 17.2 Å². The minimum Gasteiger partial charge on any atom is -0.504 e. The average Bonchev–Trinajstić information content (AvgIpc) is 3.16. The molecule has 0 saturated carbocycles. The summed E-state index contributed by atoms with van der Waals surface area (Å²) in [5, 5.41) is 9.99. The van der Waals surface area contributed by atoms with E-state index in [4.69, 9.17) is 13.9 Å². The predicted octanol–water partition coefficient (Wildman–Crippen LogP) is 4.56. The summed E-state index contributed by atoms with van der Waals surface area (Å²) in [6, 6.07) is 12.5. The Morgan fingerprint density at radius 2 is 1.96 bits per heavy atom. The number of carbonyl (C=O) groups excluding carboxylic acids is 1. The number of hydrogen-bond acceptors (Lipinski definition) is 6. The van der Waals surface area contributed by atoms with Crippen molar-refractivity contribution in [2.75, 3.05) is 7.11 Å². The number of phenols is 1. The quantitative estimate of drug-likeness (QED) is 0.576. The fourth-order valence-electron chi connectivity index (χ4n) is 3.03. The average molecular weight is 381 g/mol. The molecule has 1 N–H and O–H groups in total. The van der Waals surface area contributed by atoms with Crippen LogP contribution in [0.3, 0.4) is 0 Å². The molecule has 1 atom stereocenters. The van der Waals surface area contributed by atoms with Gasteiger partial charge in [0.1, 0.15) is 18.3 Å². The van der Waals surface area contributed by atoms with Gasteiger partial charge in [0.15, 0.2) is 11.5 Å². The summed E-state index contributed by atoms with van der Waals surface area (Å²) in [7, 11) is 1.48. The van der Waals surface area contributed by atoms with Crippen LogP contribution in [0.1, 0.15) is 37.4 Å². The van der Waals surface area contributed by atoms with Crippen LogP contribution < -0.4 is 9.47 Å². The summed E-state index contributed by atoms with van der Waals surface area (Å²) in [4.78, 5) is 15.9. The van der Waals surface area contributed by atoms with Gasteiger partial charge in [-0.15, -0.1) is 0 Å². The van der Waals surface area contributed by atoms with Crippen LogP contribution in [0.15, 0.2) is 53.1 Å². The molecule has 3 rings (SSSR count). The van der Waals surface area contributed by atoms with Gasteiger partial charge >= 0.3 is 0 Å². The zero-order valence-corrected chi connectivity index (χ0v) is 16.1. The molecular formula is C22H23NO5. The van der Waals surface area contributed by atoms with E-state index in [2.05, 4.69) is 4.98 Å². The minimum atomic E-state index is -0.295. The zero-order valence-electron chi connectivity index (χ0n) is 16.1. The van der Waals surface area contributed by atoms with Gasteiger partial charge in [-0.1, -0.05) is 18.2 Å². The Balaban J connectivity index is 1.97. The third-order valence-electron chi connectivity index (χ3n) is 4.29. The fraction of sp³-hybridized carbons (Fsp3) is 0.273. The fourth-order valence-corrected chi connectivity index (χ4v) is 3.03. The van der Waals surface area contributed by atoms with Crippen molar-refractivity contribution in [1.29, 1.82) is 0 Å². The highest BCUT2D eigenvalue weighted by atomic mass is 16.5. The molecule has 0 aliphatic rings. The summed E-state index contributed by atoms with van der Waals surface area (Å²) < 4.78 is 16.6. The molecule has 146 valence electrons. The van der Waals surface area contributed by atoms with E-state index < -0.39 is 0 Å². The molecule has 1 aromatic heterocycles. The van der Waals surface area contributed by atoms with Gasteiger partial charge in [-0.05, 0) is 38.1 Å².